The highest BCUT2D eigenvalue weighted by molar-refractivity contribution is 5.37. The third kappa shape index (κ3) is 5.21. The molecule has 0 aromatic heterocycles. The molecule has 0 amide bonds. The number of nitrogens with zero attached hydrogens (tertiary/aromatic N) is 2. The van der Waals surface area contributed by atoms with Crippen LogP contribution in [0, 0.1) is 17.6 Å². The average Bonchev–Trinajstić information content (AvgIpc) is 2.88. The smallest absolute Gasteiger partial charge is 0.167 e. The minimum Gasteiger partial charge on any atom is -0.487 e. The first kappa shape index (κ1) is 25.0. The molecule has 36 heavy (non-hydrogen) atoms. The van der Waals surface area contributed by atoms with E-state index in [1.165, 1.54) is 29.0 Å². The van der Waals surface area contributed by atoms with Crippen molar-refractivity contribution in [3.05, 3.63) is 89.2 Å². The number of hydrogen-bond donors (Lipinski definition) is 1. The van der Waals surface area contributed by atoms with Crippen LogP contribution in [0.2, 0.25) is 0 Å². The lowest BCUT2D eigenvalue weighted by molar-refractivity contribution is 0.0228. The molecular weight excluding hydrogens is 456 g/mol. The minimum absolute atomic E-state index is 0.0637. The predicted octanol–water partition coefficient (Wildman–Crippen LogP) is 5.52. The third-order valence-corrected chi connectivity index (χ3v) is 7.90. The second kappa shape index (κ2) is 10.7. The molecule has 192 valence electrons. The van der Waals surface area contributed by atoms with E-state index in [0.717, 1.165) is 45.0 Å². The average molecular weight is 494 g/mol. The van der Waals surface area contributed by atoms with Crippen LogP contribution in [0.4, 0.5) is 8.78 Å². The molecule has 5 rings (SSSR count). The normalized spacial score (nSPS) is 25.4. The summed E-state index contributed by atoms with van der Waals surface area (Å²) in [6.07, 6.45) is 7.51. The van der Waals surface area contributed by atoms with Gasteiger partial charge < -0.3 is 15.0 Å². The molecule has 2 aromatic carbocycles. The fraction of sp³-hybridized carbons (Fsp3) is 0.467. The Morgan fingerprint density at radius 2 is 1.81 bits per heavy atom. The second-order valence-corrected chi connectivity index (χ2v) is 10.6. The molecule has 3 aliphatic heterocycles. The standard InChI is InChI=1S/C30H37F2N3O/c1-20(2)35-28-19-33-27(17-22-7-5-4-6-8-22)21(3)25(28)10-12-30(35)34-15-13-24(14-16-34)36-29-11-9-23(31)18-26(29)32/h4-12,18,20-21,24,27,30,33H,13-17,19H2,1-3H3. The summed E-state index contributed by atoms with van der Waals surface area (Å²) in [5, 5.41) is 3.83. The Bertz CT molecular complexity index is 1110. The summed E-state index contributed by atoms with van der Waals surface area (Å²) < 4.78 is 33.2. The number of rotatable bonds is 6. The van der Waals surface area contributed by atoms with Crippen molar-refractivity contribution < 1.29 is 13.5 Å². The van der Waals surface area contributed by atoms with Crippen LogP contribution in [0.15, 0.2) is 72.0 Å². The predicted molar refractivity (Wildman–Crippen MR) is 140 cm³/mol. The summed E-state index contributed by atoms with van der Waals surface area (Å²) in [5.74, 6) is -0.655. The molecule has 0 spiro atoms. The summed E-state index contributed by atoms with van der Waals surface area (Å²) >= 11 is 0. The molecular formula is C30H37F2N3O. The fourth-order valence-corrected chi connectivity index (χ4v) is 5.96. The summed E-state index contributed by atoms with van der Waals surface area (Å²) in [5.41, 5.74) is 4.22. The van der Waals surface area contributed by atoms with Gasteiger partial charge in [0.05, 0.1) is 0 Å². The van der Waals surface area contributed by atoms with Crippen molar-refractivity contribution in [1.82, 2.24) is 15.1 Å². The number of nitrogens with one attached hydrogen (secondary N) is 1. The third-order valence-electron chi connectivity index (χ3n) is 7.90. The Kier molecular flexibility index (Phi) is 7.44. The molecule has 2 aromatic rings. The Balaban J connectivity index is 1.25. The molecule has 3 unspecified atom stereocenters. The zero-order valence-electron chi connectivity index (χ0n) is 21.5. The number of halogens is 2. The quantitative estimate of drug-likeness (QED) is 0.574. The number of hydrogen-bond acceptors (Lipinski definition) is 4. The van der Waals surface area contributed by atoms with E-state index in [1.807, 2.05) is 0 Å². The molecule has 0 aliphatic carbocycles. The van der Waals surface area contributed by atoms with Crippen molar-refractivity contribution in [3.63, 3.8) is 0 Å². The van der Waals surface area contributed by atoms with Crippen LogP contribution in [0.1, 0.15) is 39.2 Å². The Morgan fingerprint density at radius 1 is 1.06 bits per heavy atom. The van der Waals surface area contributed by atoms with Crippen molar-refractivity contribution in [3.8, 4) is 5.75 Å². The Hall–Kier alpha value is -2.70. The summed E-state index contributed by atoms with van der Waals surface area (Å²) in [6.45, 7) is 9.49. The lowest BCUT2D eigenvalue weighted by Crippen LogP contribution is -2.57. The van der Waals surface area contributed by atoms with Crippen molar-refractivity contribution in [2.75, 3.05) is 19.6 Å². The van der Waals surface area contributed by atoms with Gasteiger partial charge in [0, 0.05) is 43.5 Å². The van der Waals surface area contributed by atoms with Gasteiger partial charge in [-0.25, -0.2) is 8.78 Å². The van der Waals surface area contributed by atoms with Crippen molar-refractivity contribution in [2.24, 2.45) is 5.92 Å². The second-order valence-electron chi connectivity index (χ2n) is 10.6. The maximum atomic E-state index is 14.0. The number of ether oxygens (including phenoxy) is 1. The molecule has 1 N–H and O–H groups in total. The van der Waals surface area contributed by atoms with Gasteiger partial charge in [-0.2, -0.15) is 0 Å². The highest BCUT2D eigenvalue weighted by Gasteiger charge is 2.37. The molecule has 0 bridgehead atoms. The van der Waals surface area contributed by atoms with Crippen molar-refractivity contribution in [2.45, 2.75) is 64.4 Å². The van der Waals surface area contributed by atoms with Gasteiger partial charge in [-0.05, 0) is 68.4 Å². The van der Waals surface area contributed by atoms with E-state index in [4.69, 9.17) is 4.74 Å². The Labute approximate surface area is 213 Å². The van der Waals surface area contributed by atoms with Crippen LogP contribution in [0.25, 0.3) is 0 Å². The first-order chi connectivity index (χ1) is 17.4. The lowest BCUT2D eigenvalue weighted by Gasteiger charge is -2.50. The number of benzene rings is 2. The van der Waals surface area contributed by atoms with Gasteiger partial charge >= 0.3 is 0 Å². The maximum absolute atomic E-state index is 14.0. The highest BCUT2D eigenvalue weighted by Crippen LogP contribution is 2.35. The van der Waals surface area contributed by atoms with Crippen LogP contribution in [-0.4, -0.2) is 53.8 Å². The van der Waals surface area contributed by atoms with Gasteiger partial charge in [-0.3, -0.25) is 4.90 Å². The van der Waals surface area contributed by atoms with Gasteiger partial charge in [0.25, 0.3) is 0 Å². The first-order valence-electron chi connectivity index (χ1n) is 13.2. The van der Waals surface area contributed by atoms with Crippen LogP contribution in [-0.2, 0) is 6.42 Å². The van der Waals surface area contributed by atoms with Crippen LogP contribution in [0.3, 0.4) is 0 Å². The zero-order chi connectivity index (χ0) is 25.2. The van der Waals surface area contributed by atoms with Gasteiger partial charge in [0.1, 0.15) is 18.1 Å². The maximum Gasteiger partial charge on any atom is 0.167 e. The van der Waals surface area contributed by atoms with Crippen LogP contribution < -0.4 is 10.1 Å². The zero-order valence-corrected chi connectivity index (χ0v) is 21.5. The van der Waals surface area contributed by atoms with E-state index in [2.05, 4.69) is 78.4 Å². The van der Waals surface area contributed by atoms with Gasteiger partial charge in [0.15, 0.2) is 11.6 Å². The van der Waals surface area contributed by atoms with Crippen LogP contribution in [0.5, 0.6) is 5.75 Å². The topological polar surface area (TPSA) is 27.7 Å². The minimum atomic E-state index is -0.637. The summed E-state index contributed by atoms with van der Waals surface area (Å²) in [7, 11) is 0. The van der Waals surface area contributed by atoms with Crippen molar-refractivity contribution >= 4 is 0 Å². The summed E-state index contributed by atoms with van der Waals surface area (Å²) in [6, 6.07) is 15.0. The molecule has 0 saturated carbocycles. The monoisotopic (exact) mass is 493 g/mol. The first-order valence-corrected chi connectivity index (χ1v) is 13.2. The van der Waals surface area contributed by atoms with E-state index in [1.54, 1.807) is 0 Å². The van der Waals surface area contributed by atoms with Gasteiger partial charge in [-0.15, -0.1) is 0 Å². The molecule has 3 heterocycles. The molecule has 6 heteroatoms. The largest absolute Gasteiger partial charge is 0.487 e. The molecule has 3 atom stereocenters. The van der Waals surface area contributed by atoms with E-state index >= 15 is 0 Å². The lowest BCUT2D eigenvalue weighted by atomic mass is 9.82. The number of piperidine rings is 1. The van der Waals surface area contributed by atoms with Crippen molar-refractivity contribution in [1.29, 1.82) is 0 Å². The van der Waals surface area contributed by atoms with Gasteiger partial charge in [0.2, 0.25) is 0 Å². The Morgan fingerprint density at radius 3 is 2.50 bits per heavy atom. The molecule has 0 radical (unpaired) electrons. The summed E-state index contributed by atoms with van der Waals surface area (Å²) in [4.78, 5) is 5.07. The molecule has 1 fully saturated rings. The molecule has 1 saturated heterocycles. The van der Waals surface area contributed by atoms with E-state index in [9.17, 15) is 8.78 Å². The highest BCUT2D eigenvalue weighted by atomic mass is 19.1. The number of allylic oxidation sites excluding steroid dienone is 1. The molecule has 4 nitrogen and oxygen atoms in total. The number of likely N-dealkylation sites (tertiary alicyclic amines) is 1. The van der Waals surface area contributed by atoms with E-state index in [-0.39, 0.29) is 18.0 Å². The van der Waals surface area contributed by atoms with Crippen LogP contribution >= 0.6 is 0 Å². The van der Waals surface area contributed by atoms with Gasteiger partial charge in [-0.1, -0.05) is 43.3 Å². The fourth-order valence-electron chi connectivity index (χ4n) is 5.96. The molecule has 3 aliphatic rings. The van der Waals surface area contributed by atoms with E-state index in [0.29, 0.717) is 18.0 Å². The van der Waals surface area contributed by atoms with E-state index < -0.39 is 11.6 Å². The SMILES string of the molecule is CC1C2=C(CNC1Cc1ccccc1)N(C(C)C)C(N1CCC(Oc3ccc(F)cc3F)CC1)C=C2.